The molecule has 0 atom stereocenters. The van der Waals surface area contributed by atoms with Crippen molar-refractivity contribution in [3.63, 3.8) is 0 Å². The van der Waals surface area contributed by atoms with E-state index in [1.54, 1.807) is 13.8 Å². The lowest BCUT2D eigenvalue weighted by Gasteiger charge is -1.98. The van der Waals surface area contributed by atoms with Crippen molar-refractivity contribution in [3.05, 3.63) is 11.8 Å². The zero-order valence-corrected chi connectivity index (χ0v) is 5.55. The third-order valence-electron chi connectivity index (χ3n) is 0.699. The van der Waals surface area contributed by atoms with Gasteiger partial charge in [-0.05, 0) is 13.8 Å². The average Bonchev–Trinajstić information content (AvgIpc) is 1.63. The molecule has 0 heterocycles. The van der Waals surface area contributed by atoms with Crippen molar-refractivity contribution in [3.8, 4) is 0 Å². The largest absolute Gasteiger partial charge is 0.498 e. The van der Waals surface area contributed by atoms with E-state index in [4.69, 9.17) is 9.84 Å². The van der Waals surface area contributed by atoms with E-state index in [-0.39, 0.29) is 0 Å². The molecule has 0 saturated heterocycles. The first-order chi connectivity index (χ1) is 4.16. The van der Waals surface area contributed by atoms with Gasteiger partial charge in [0.15, 0.2) is 0 Å². The molecule has 0 bridgehead atoms. The highest BCUT2D eigenvalue weighted by Crippen LogP contribution is 1.92. The van der Waals surface area contributed by atoms with Crippen LogP contribution in [0.15, 0.2) is 11.8 Å². The standard InChI is InChI=1S/C6H10O3/c1-3-9-5(2)4-6(7)8/h4H,3H2,1-2H3,(H,7,8). The maximum Gasteiger partial charge on any atom is 0.331 e. The van der Waals surface area contributed by atoms with Crippen molar-refractivity contribution in [2.24, 2.45) is 0 Å². The van der Waals surface area contributed by atoms with Gasteiger partial charge in [-0.25, -0.2) is 4.79 Å². The van der Waals surface area contributed by atoms with Crippen LogP contribution in [0, 0.1) is 0 Å². The molecule has 9 heavy (non-hydrogen) atoms. The predicted molar refractivity (Wildman–Crippen MR) is 33.0 cm³/mol. The number of rotatable bonds is 3. The Morgan fingerprint density at radius 1 is 1.78 bits per heavy atom. The molecule has 0 aliphatic rings. The summed E-state index contributed by atoms with van der Waals surface area (Å²) in [6, 6.07) is 0. The second-order valence-corrected chi connectivity index (χ2v) is 1.53. The summed E-state index contributed by atoms with van der Waals surface area (Å²) in [7, 11) is 0. The highest BCUT2D eigenvalue weighted by molar-refractivity contribution is 5.80. The van der Waals surface area contributed by atoms with Gasteiger partial charge in [-0.15, -0.1) is 0 Å². The van der Waals surface area contributed by atoms with Gasteiger partial charge >= 0.3 is 5.97 Å². The van der Waals surface area contributed by atoms with Crippen LogP contribution in [-0.2, 0) is 9.53 Å². The Balaban J connectivity index is 3.69. The van der Waals surface area contributed by atoms with E-state index in [0.717, 1.165) is 6.08 Å². The summed E-state index contributed by atoms with van der Waals surface area (Å²) in [5, 5.41) is 8.15. The number of hydrogen-bond donors (Lipinski definition) is 1. The van der Waals surface area contributed by atoms with Crippen molar-refractivity contribution >= 4 is 5.97 Å². The number of ether oxygens (including phenoxy) is 1. The van der Waals surface area contributed by atoms with Gasteiger partial charge in [0, 0.05) is 0 Å². The van der Waals surface area contributed by atoms with E-state index in [2.05, 4.69) is 0 Å². The van der Waals surface area contributed by atoms with Crippen molar-refractivity contribution in [2.45, 2.75) is 13.8 Å². The van der Waals surface area contributed by atoms with E-state index in [0.29, 0.717) is 12.4 Å². The molecule has 0 aliphatic carbocycles. The molecule has 3 nitrogen and oxygen atoms in total. The lowest BCUT2D eigenvalue weighted by atomic mass is 10.5. The fraction of sp³-hybridized carbons (Fsp3) is 0.500. The second-order valence-electron chi connectivity index (χ2n) is 1.53. The topological polar surface area (TPSA) is 46.5 Å². The highest BCUT2D eigenvalue weighted by atomic mass is 16.5. The maximum atomic E-state index is 9.93. The summed E-state index contributed by atoms with van der Waals surface area (Å²) in [4.78, 5) is 9.93. The van der Waals surface area contributed by atoms with E-state index in [1.165, 1.54) is 0 Å². The smallest absolute Gasteiger partial charge is 0.331 e. The van der Waals surface area contributed by atoms with Gasteiger partial charge in [-0.1, -0.05) is 0 Å². The summed E-state index contributed by atoms with van der Waals surface area (Å²) in [6.45, 7) is 3.92. The molecule has 0 radical (unpaired) electrons. The minimum Gasteiger partial charge on any atom is -0.498 e. The van der Waals surface area contributed by atoms with Gasteiger partial charge in [0.2, 0.25) is 0 Å². The lowest BCUT2D eigenvalue weighted by molar-refractivity contribution is -0.131. The Morgan fingerprint density at radius 2 is 2.33 bits per heavy atom. The third kappa shape index (κ3) is 4.87. The molecular weight excluding hydrogens is 120 g/mol. The van der Waals surface area contributed by atoms with Gasteiger partial charge in [0.1, 0.15) is 5.76 Å². The van der Waals surface area contributed by atoms with Gasteiger partial charge in [-0.2, -0.15) is 0 Å². The van der Waals surface area contributed by atoms with Crippen LogP contribution in [0.4, 0.5) is 0 Å². The Labute approximate surface area is 53.9 Å². The van der Waals surface area contributed by atoms with Gasteiger partial charge in [-0.3, -0.25) is 0 Å². The minimum absolute atomic E-state index is 0.435. The molecule has 0 unspecified atom stereocenters. The monoisotopic (exact) mass is 130 g/mol. The Morgan fingerprint density at radius 3 is 2.67 bits per heavy atom. The van der Waals surface area contributed by atoms with Crippen LogP contribution in [0.25, 0.3) is 0 Å². The summed E-state index contributed by atoms with van der Waals surface area (Å²) in [6.07, 6.45) is 1.03. The zero-order chi connectivity index (χ0) is 7.28. The Hall–Kier alpha value is -0.990. The zero-order valence-electron chi connectivity index (χ0n) is 5.55. The molecule has 52 valence electrons. The SMILES string of the molecule is CCOC(C)=CC(=O)O. The molecular formula is C6H10O3. The number of allylic oxidation sites excluding steroid dienone is 1. The van der Waals surface area contributed by atoms with Crippen LogP contribution in [0.2, 0.25) is 0 Å². The van der Waals surface area contributed by atoms with Gasteiger partial charge in [0.25, 0.3) is 0 Å². The predicted octanol–water partition coefficient (Wildman–Crippen LogP) is 1.01. The van der Waals surface area contributed by atoms with Gasteiger partial charge in [0.05, 0.1) is 12.7 Å². The molecule has 0 aromatic heterocycles. The Kier molecular flexibility index (Phi) is 3.51. The molecule has 0 aromatic carbocycles. The van der Waals surface area contributed by atoms with Crippen LogP contribution in [-0.4, -0.2) is 17.7 Å². The quantitative estimate of drug-likeness (QED) is 0.458. The normalized spacial score (nSPS) is 11.1. The second kappa shape index (κ2) is 3.95. The minimum atomic E-state index is -0.971. The van der Waals surface area contributed by atoms with Crippen molar-refractivity contribution in [1.29, 1.82) is 0 Å². The number of carboxylic acid groups (broad SMARTS) is 1. The summed E-state index contributed by atoms with van der Waals surface area (Å²) in [5.41, 5.74) is 0. The number of carboxylic acids is 1. The van der Waals surface area contributed by atoms with Gasteiger partial charge < -0.3 is 9.84 Å². The molecule has 0 fully saturated rings. The van der Waals surface area contributed by atoms with Crippen LogP contribution in [0.3, 0.4) is 0 Å². The molecule has 1 N–H and O–H groups in total. The molecule has 0 spiro atoms. The van der Waals surface area contributed by atoms with Crippen LogP contribution >= 0.6 is 0 Å². The molecule has 3 heteroatoms. The molecule has 0 saturated carbocycles. The lowest BCUT2D eigenvalue weighted by Crippen LogP contribution is -1.93. The van der Waals surface area contributed by atoms with E-state index in [9.17, 15) is 4.79 Å². The first-order valence-electron chi connectivity index (χ1n) is 2.70. The highest BCUT2D eigenvalue weighted by Gasteiger charge is 1.91. The molecule has 0 amide bonds. The summed E-state index contributed by atoms with van der Waals surface area (Å²) in [5.74, 6) is -0.536. The summed E-state index contributed by atoms with van der Waals surface area (Å²) < 4.78 is 4.83. The average molecular weight is 130 g/mol. The van der Waals surface area contributed by atoms with Crippen molar-refractivity contribution in [1.82, 2.24) is 0 Å². The van der Waals surface area contributed by atoms with Crippen molar-refractivity contribution < 1.29 is 14.6 Å². The van der Waals surface area contributed by atoms with Crippen LogP contribution in [0.5, 0.6) is 0 Å². The molecule has 0 aromatic rings. The van der Waals surface area contributed by atoms with Crippen LogP contribution in [0.1, 0.15) is 13.8 Å². The van der Waals surface area contributed by atoms with E-state index in [1.807, 2.05) is 0 Å². The fourth-order valence-corrected chi connectivity index (χ4v) is 0.443. The first-order valence-corrected chi connectivity index (χ1v) is 2.70. The van der Waals surface area contributed by atoms with E-state index >= 15 is 0 Å². The van der Waals surface area contributed by atoms with Crippen molar-refractivity contribution in [2.75, 3.05) is 6.61 Å². The molecule has 0 rings (SSSR count). The first kappa shape index (κ1) is 8.01. The Bertz CT molecular complexity index is 126. The third-order valence-corrected chi connectivity index (χ3v) is 0.699. The number of aliphatic carboxylic acids is 1. The summed E-state index contributed by atoms with van der Waals surface area (Å²) >= 11 is 0. The van der Waals surface area contributed by atoms with Crippen LogP contribution < -0.4 is 0 Å². The fourth-order valence-electron chi connectivity index (χ4n) is 0.443. The number of carbonyl (C=O) groups is 1. The maximum absolute atomic E-state index is 9.93. The van der Waals surface area contributed by atoms with E-state index < -0.39 is 5.97 Å². The number of hydrogen-bond acceptors (Lipinski definition) is 2. The molecule has 0 aliphatic heterocycles.